The van der Waals surface area contributed by atoms with Crippen molar-refractivity contribution in [1.82, 2.24) is 4.98 Å². The molecule has 0 aliphatic heterocycles. The van der Waals surface area contributed by atoms with Gasteiger partial charge in [-0.1, -0.05) is 23.4 Å². The second-order valence-corrected chi connectivity index (χ2v) is 4.73. The fourth-order valence-electron chi connectivity index (χ4n) is 1.63. The minimum atomic E-state index is 0.119. The van der Waals surface area contributed by atoms with Gasteiger partial charge in [0.15, 0.2) is 11.0 Å². The van der Waals surface area contributed by atoms with Crippen LogP contribution in [-0.4, -0.2) is 23.1 Å². The Kier molecular flexibility index (Phi) is 3.78. The first-order valence-electron chi connectivity index (χ1n) is 5.38. The number of amidine groups is 1. The van der Waals surface area contributed by atoms with E-state index in [1.807, 2.05) is 36.7 Å². The average Bonchev–Trinajstić information content (AvgIpc) is 2.92. The summed E-state index contributed by atoms with van der Waals surface area (Å²) in [5.41, 5.74) is 7.36. The quantitative estimate of drug-likeness (QED) is 0.382. The first-order chi connectivity index (χ1) is 8.70. The average molecular weight is 262 g/mol. The monoisotopic (exact) mass is 262 g/mol. The van der Waals surface area contributed by atoms with Gasteiger partial charge in [0.1, 0.15) is 0 Å². The number of rotatable bonds is 4. The van der Waals surface area contributed by atoms with Crippen molar-refractivity contribution >= 4 is 22.3 Å². The van der Waals surface area contributed by atoms with E-state index >= 15 is 0 Å². The number of nitrogens with zero attached hydrogens (tertiary/aromatic N) is 3. The van der Waals surface area contributed by atoms with Crippen LogP contribution in [0.3, 0.4) is 0 Å². The van der Waals surface area contributed by atoms with Crippen molar-refractivity contribution in [3.63, 3.8) is 0 Å². The van der Waals surface area contributed by atoms with Crippen molar-refractivity contribution in [2.24, 2.45) is 10.9 Å². The van der Waals surface area contributed by atoms with Crippen LogP contribution in [0.4, 0.5) is 5.13 Å². The molecule has 1 aromatic carbocycles. The summed E-state index contributed by atoms with van der Waals surface area (Å²) in [7, 11) is 1.98. The summed E-state index contributed by atoms with van der Waals surface area (Å²) < 4.78 is 0. The van der Waals surface area contributed by atoms with Crippen molar-refractivity contribution in [3.05, 3.63) is 47.0 Å². The summed E-state index contributed by atoms with van der Waals surface area (Å²) in [4.78, 5) is 6.29. The van der Waals surface area contributed by atoms with Gasteiger partial charge in [0, 0.05) is 30.7 Å². The molecular formula is C12H14N4OS. The number of anilines is 1. The molecule has 94 valence electrons. The Hall–Kier alpha value is -2.08. The molecule has 0 saturated heterocycles. The van der Waals surface area contributed by atoms with Crippen LogP contribution in [-0.2, 0) is 6.54 Å². The third-order valence-electron chi connectivity index (χ3n) is 2.50. The molecule has 0 spiro atoms. The molecular weight excluding hydrogens is 248 g/mol. The molecule has 2 aromatic rings. The number of hydrogen-bond donors (Lipinski definition) is 2. The van der Waals surface area contributed by atoms with E-state index in [0.717, 1.165) is 17.2 Å². The maximum absolute atomic E-state index is 8.66. The van der Waals surface area contributed by atoms with Gasteiger partial charge >= 0.3 is 0 Å². The zero-order chi connectivity index (χ0) is 13.0. The highest BCUT2D eigenvalue weighted by Gasteiger charge is 2.06. The van der Waals surface area contributed by atoms with Crippen molar-refractivity contribution in [2.45, 2.75) is 6.54 Å². The molecule has 0 amide bonds. The lowest BCUT2D eigenvalue weighted by molar-refractivity contribution is 0.318. The Balaban J connectivity index is 2.15. The topological polar surface area (TPSA) is 74.7 Å². The molecule has 0 unspecified atom stereocenters. The number of aromatic nitrogens is 1. The molecule has 5 nitrogen and oxygen atoms in total. The second-order valence-electron chi connectivity index (χ2n) is 3.86. The second kappa shape index (κ2) is 5.50. The third-order valence-corrected chi connectivity index (χ3v) is 3.38. The van der Waals surface area contributed by atoms with Crippen LogP contribution in [0, 0.1) is 0 Å². The van der Waals surface area contributed by atoms with Crippen molar-refractivity contribution in [1.29, 1.82) is 0 Å². The lowest BCUT2D eigenvalue weighted by Gasteiger charge is -2.16. The van der Waals surface area contributed by atoms with Crippen LogP contribution >= 0.6 is 11.3 Å². The van der Waals surface area contributed by atoms with E-state index in [1.165, 1.54) is 0 Å². The fraction of sp³-hybridized carbons (Fsp3) is 0.167. The normalized spacial score (nSPS) is 11.5. The largest absolute Gasteiger partial charge is 0.409 e. The first kappa shape index (κ1) is 12.4. The Morgan fingerprint density at radius 3 is 3.06 bits per heavy atom. The van der Waals surface area contributed by atoms with E-state index < -0.39 is 0 Å². The van der Waals surface area contributed by atoms with E-state index in [1.54, 1.807) is 17.5 Å². The fourth-order valence-corrected chi connectivity index (χ4v) is 2.24. The molecule has 0 bridgehead atoms. The van der Waals surface area contributed by atoms with Crippen molar-refractivity contribution in [2.75, 3.05) is 11.9 Å². The van der Waals surface area contributed by atoms with Crippen molar-refractivity contribution < 1.29 is 5.21 Å². The highest BCUT2D eigenvalue weighted by atomic mass is 32.1. The Bertz CT molecular complexity index is 539. The standard InChI is InChI=1S/C12H14N4OS/c1-16(12-14-5-6-18-12)8-9-3-2-4-10(7-9)11(13)15-17/h2-7,17H,8H2,1H3,(H2,13,15). The molecule has 3 N–H and O–H groups in total. The number of oxime groups is 1. The van der Waals surface area contributed by atoms with Crippen molar-refractivity contribution in [3.8, 4) is 0 Å². The van der Waals surface area contributed by atoms with Gasteiger partial charge in [-0.05, 0) is 11.6 Å². The highest BCUT2D eigenvalue weighted by molar-refractivity contribution is 7.13. The maximum atomic E-state index is 8.66. The summed E-state index contributed by atoms with van der Waals surface area (Å²) in [5.74, 6) is 0.119. The molecule has 0 radical (unpaired) electrons. The molecule has 0 atom stereocenters. The predicted molar refractivity (Wildman–Crippen MR) is 73.2 cm³/mol. The minimum absolute atomic E-state index is 0.119. The van der Waals surface area contributed by atoms with Gasteiger partial charge < -0.3 is 15.8 Å². The Morgan fingerprint density at radius 1 is 1.56 bits per heavy atom. The van der Waals surface area contributed by atoms with E-state index in [-0.39, 0.29) is 5.84 Å². The lowest BCUT2D eigenvalue weighted by atomic mass is 10.1. The summed E-state index contributed by atoms with van der Waals surface area (Å²) >= 11 is 1.59. The molecule has 6 heteroatoms. The van der Waals surface area contributed by atoms with Gasteiger partial charge in [-0.2, -0.15) is 0 Å². The van der Waals surface area contributed by atoms with Crippen LogP contribution < -0.4 is 10.6 Å². The predicted octanol–water partition coefficient (Wildman–Crippen LogP) is 1.87. The van der Waals surface area contributed by atoms with Gasteiger partial charge in [0.2, 0.25) is 0 Å². The Morgan fingerprint density at radius 2 is 2.39 bits per heavy atom. The van der Waals surface area contributed by atoms with Crippen LogP contribution in [0.15, 0.2) is 41.0 Å². The number of thiazole rings is 1. The number of nitrogens with two attached hydrogens (primary N) is 1. The molecule has 0 saturated carbocycles. The molecule has 1 heterocycles. The van der Waals surface area contributed by atoms with E-state index in [2.05, 4.69) is 15.0 Å². The minimum Gasteiger partial charge on any atom is -0.409 e. The lowest BCUT2D eigenvalue weighted by Crippen LogP contribution is -2.17. The maximum Gasteiger partial charge on any atom is 0.185 e. The van der Waals surface area contributed by atoms with Gasteiger partial charge in [0.05, 0.1) is 0 Å². The van der Waals surface area contributed by atoms with Gasteiger partial charge in [-0.15, -0.1) is 11.3 Å². The molecule has 18 heavy (non-hydrogen) atoms. The number of benzene rings is 1. The summed E-state index contributed by atoms with van der Waals surface area (Å²) in [5, 5.41) is 14.6. The first-order valence-corrected chi connectivity index (χ1v) is 6.26. The van der Waals surface area contributed by atoms with Crippen LogP contribution in [0.1, 0.15) is 11.1 Å². The van der Waals surface area contributed by atoms with Gasteiger partial charge in [-0.25, -0.2) is 4.98 Å². The molecule has 0 aliphatic rings. The van der Waals surface area contributed by atoms with E-state index in [4.69, 9.17) is 10.9 Å². The smallest absolute Gasteiger partial charge is 0.185 e. The Labute approximate surface area is 109 Å². The molecule has 2 rings (SSSR count). The SMILES string of the molecule is CN(Cc1cccc(C(N)=NO)c1)c1nccs1. The van der Waals surface area contributed by atoms with Crippen LogP contribution in [0.25, 0.3) is 0 Å². The zero-order valence-electron chi connectivity index (χ0n) is 9.95. The molecule has 0 fully saturated rings. The summed E-state index contributed by atoms with van der Waals surface area (Å²) in [6.07, 6.45) is 1.78. The van der Waals surface area contributed by atoms with E-state index in [9.17, 15) is 0 Å². The molecule has 0 aliphatic carbocycles. The highest BCUT2D eigenvalue weighted by Crippen LogP contribution is 2.18. The van der Waals surface area contributed by atoms with Crippen LogP contribution in [0.5, 0.6) is 0 Å². The van der Waals surface area contributed by atoms with Crippen LogP contribution in [0.2, 0.25) is 0 Å². The summed E-state index contributed by atoms with van der Waals surface area (Å²) in [6.45, 7) is 0.722. The van der Waals surface area contributed by atoms with Gasteiger partial charge in [0.25, 0.3) is 0 Å². The molecule has 1 aromatic heterocycles. The van der Waals surface area contributed by atoms with E-state index in [0.29, 0.717) is 5.56 Å². The number of hydrogen-bond acceptors (Lipinski definition) is 5. The van der Waals surface area contributed by atoms with Gasteiger partial charge in [-0.3, -0.25) is 0 Å². The summed E-state index contributed by atoms with van der Waals surface area (Å²) in [6, 6.07) is 7.60. The third kappa shape index (κ3) is 2.78. The zero-order valence-corrected chi connectivity index (χ0v) is 10.8.